The number of benzene rings is 3. The molecular weight excluding hydrogens is 427 g/mol. The van der Waals surface area contributed by atoms with E-state index in [0.29, 0.717) is 0 Å². The molecule has 1 heteroatoms. The van der Waals surface area contributed by atoms with E-state index in [1.807, 2.05) is 18.2 Å². The topological polar surface area (TPSA) is 0 Å². The molecule has 3 aromatic carbocycles. The smallest absolute Gasteiger partial charge is 0.0136 e. The van der Waals surface area contributed by atoms with Crippen molar-refractivity contribution in [2.24, 2.45) is 0 Å². The highest BCUT2D eigenvalue weighted by molar-refractivity contribution is 14.1. The van der Waals surface area contributed by atoms with Gasteiger partial charge in [-0.3, -0.25) is 0 Å². The highest BCUT2D eigenvalue weighted by Crippen LogP contribution is 2.20. The van der Waals surface area contributed by atoms with Crippen molar-refractivity contribution >= 4 is 39.4 Å². The summed E-state index contributed by atoms with van der Waals surface area (Å²) in [7, 11) is 0. The average molecular weight is 448 g/mol. The number of rotatable bonds is 6. The molecule has 3 rings (SSSR count). The maximum absolute atomic E-state index is 3.77. The molecule has 0 saturated carbocycles. The van der Waals surface area contributed by atoms with Gasteiger partial charge in [-0.15, -0.1) is 0 Å². The zero-order valence-electron chi connectivity index (χ0n) is 14.6. The summed E-state index contributed by atoms with van der Waals surface area (Å²) in [5.41, 5.74) is 3.69. The molecule has 0 spiro atoms. The predicted molar refractivity (Wildman–Crippen MR) is 123 cm³/mol. The van der Waals surface area contributed by atoms with Gasteiger partial charge in [0.1, 0.15) is 0 Å². The van der Waals surface area contributed by atoms with Gasteiger partial charge in [0, 0.05) is 3.57 Å². The van der Waals surface area contributed by atoms with Crippen molar-refractivity contribution < 1.29 is 0 Å². The Labute approximate surface area is 169 Å². The van der Waals surface area contributed by atoms with Crippen molar-refractivity contribution in [3.05, 3.63) is 124 Å². The van der Waals surface area contributed by atoms with Crippen molar-refractivity contribution in [3.63, 3.8) is 0 Å². The first kappa shape index (κ1) is 18.4. The Hall–Kier alpha value is -2.39. The summed E-state index contributed by atoms with van der Waals surface area (Å²) < 4.78 is 1.27. The second-order valence-electron chi connectivity index (χ2n) is 6.07. The molecule has 0 N–H and O–H groups in total. The zero-order chi connectivity index (χ0) is 18.2. The van der Waals surface area contributed by atoms with Crippen molar-refractivity contribution in [1.82, 2.24) is 0 Å². The van der Waals surface area contributed by atoms with Crippen LogP contribution >= 0.6 is 22.6 Å². The molecule has 0 saturated heterocycles. The van der Waals surface area contributed by atoms with Gasteiger partial charge in [-0.2, -0.15) is 0 Å². The summed E-state index contributed by atoms with van der Waals surface area (Å²) in [5.74, 6) is 0. The van der Waals surface area contributed by atoms with Gasteiger partial charge in [0.05, 0.1) is 0 Å². The third kappa shape index (κ3) is 5.30. The summed E-state index contributed by atoms with van der Waals surface area (Å²) >= 11 is 2.36. The van der Waals surface area contributed by atoms with Gasteiger partial charge < -0.3 is 0 Å². The van der Waals surface area contributed by atoms with E-state index in [9.17, 15) is 0 Å². The number of allylic oxidation sites excluding steroid dienone is 6. The first-order valence-corrected chi connectivity index (χ1v) is 9.73. The van der Waals surface area contributed by atoms with Crippen molar-refractivity contribution in [2.75, 3.05) is 0 Å². The van der Waals surface area contributed by atoms with E-state index >= 15 is 0 Å². The number of fused-ring (bicyclic) bond motifs is 1. The summed E-state index contributed by atoms with van der Waals surface area (Å²) in [6.45, 7) is 3.77. The quantitative estimate of drug-likeness (QED) is 0.273. The van der Waals surface area contributed by atoms with E-state index in [4.69, 9.17) is 0 Å². The summed E-state index contributed by atoms with van der Waals surface area (Å²) in [5, 5.41) is 2.58. The van der Waals surface area contributed by atoms with Crippen LogP contribution in [0.2, 0.25) is 0 Å². The largest absolute Gasteiger partial charge is 0.0991 e. The predicted octanol–water partition coefficient (Wildman–Crippen LogP) is 7.37. The van der Waals surface area contributed by atoms with Crippen LogP contribution in [0, 0.1) is 3.57 Å². The lowest BCUT2D eigenvalue weighted by atomic mass is 10.0. The van der Waals surface area contributed by atoms with Crippen molar-refractivity contribution in [1.29, 1.82) is 0 Å². The molecule has 0 aliphatic carbocycles. The molecule has 0 heterocycles. The van der Waals surface area contributed by atoms with Crippen LogP contribution in [-0.2, 0) is 6.42 Å². The van der Waals surface area contributed by atoms with E-state index in [1.165, 1.54) is 31.0 Å². The second kappa shape index (κ2) is 9.35. The highest BCUT2D eigenvalue weighted by Gasteiger charge is 1.97. The van der Waals surface area contributed by atoms with Gasteiger partial charge in [-0.05, 0) is 68.6 Å². The first-order valence-electron chi connectivity index (χ1n) is 8.65. The molecule has 0 aromatic heterocycles. The fourth-order valence-electron chi connectivity index (χ4n) is 2.76. The van der Waals surface area contributed by atoms with Crippen LogP contribution in [0.3, 0.4) is 0 Å². The third-order valence-electron chi connectivity index (χ3n) is 4.13. The van der Waals surface area contributed by atoms with Crippen molar-refractivity contribution in [3.8, 4) is 0 Å². The van der Waals surface area contributed by atoms with Crippen LogP contribution in [0.15, 0.2) is 109 Å². The normalized spacial score (nSPS) is 12.3. The van der Waals surface area contributed by atoms with Gasteiger partial charge in [-0.1, -0.05) is 97.6 Å². The van der Waals surface area contributed by atoms with Crippen LogP contribution in [0.5, 0.6) is 0 Å². The Morgan fingerprint density at radius 1 is 0.885 bits per heavy atom. The van der Waals surface area contributed by atoms with Gasteiger partial charge in [0.2, 0.25) is 0 Å². The molecule has 0 atom stereocenters. The monoisotopic (exact) mass is 448 g/mol. The molecule has 0 nitrogen and oxygen atoms in total. The van der Waals surface area contributed by atoms with Crippen molar-refractivity contribution in [2.45, 2.75) is 6.42 Å². The molecule has 0 aliphatic heterocycles. The molecule has 26 heavy (non-hydrogen) atoms. The second-order valence-corrected chi connectivity index (χ2v) is 7.32. The average Bonchev–Trinajstić information content (AvgIpc) is 2.68. The third-order valence-corrected chi connectivity index (χ3v) is 4.80. The molecular formula is C25H21I. The molecule has 0 amide bonds. The van der Waals surface area contributed by atoms with Gasteiger partial charge >= 0.3 is 0 Å². The Kier molecular flexibility index (Phi) is 6.62. The lowest BCUT2D eigenvalue weighted by molar-refractivity contribution is 1.27. The Bertz CT molecular complexity index is 975. The Morgan fingerprint density at radius 3 is 2.46 bits per heavy atom. The summed E-state index contributed by atoms with van der Waals surface area (Å²) in [6.07, 6.45) is 13.3. The van der Waals surface area contributed by atoms with E-state index in [-0.39, 0.29) is 0 Å². The molecule has 0 radical (unpaired) electrons. The minimum Gasteiger partial charge on any atom is -0.0991 e. The molecule has 0 fully saturated rings. The SMILES string of the molecule is C=C\C=C/C(/C=C\c1ccccc1)=C\Cc1ccc2cc(I)ccc2c1. The van der Waals surface area contributed by atoms with E-state index < -0.39 is 0 Å². The van der Waals surface area contributed by atoms with E-state index in [1.54, 1.807) is 0 Å². The van der Waals surface area contributed by atoms with Gasteiger partial charge in [-0.25, -0.2) is 0 Å². The molecule has 3 aromatic rings. The van der Waals surface area contributed by atoms with Crippen LogP contribution in [0.4, 0.5) is 0 Å². The Balaban J connectivity index is 1.81. The Morgan fingerprint density at radius 2 is 1.65 bits per heavy atom. The molecule has 128 valence electrons. The molecule has 0 bridgehead atoms. The molecule has 0 unspecified atom stereocenters. The number of halogens is 1. The maximum atomic E-state index is 3.77. The standard InChI is InChI=1S/C25H21I/c1-2-3-7-21(11-10-20-8-5-4-6-9-20)12-13-22-14-15-24-19-25(26)17-16-23(24)18-22/h2-12,14-19H,1,13H2/b7-3-,11-10-,21-12+. The van der Waals surface area contributed by atoms with Gasteiger partial charge in [0.25, 0.3) is 0 Å². The summed E-state index contributed by atoms with van der Waals surface area (Å²) in [4.78, 5) is 0. The van der Waals surface area contributed by atoms with Crippen LogP contribution in [0.25, 0.3) is 16.8 Å². The van der Waals surface area contributed by atoms with E-state index in [2.05, 4.69) is 114 Å². The number of hydrogen-bond acceptors (Lipinski definition) is 0. The fourth-order valence-corrected chi connectivity index (χ4v) is 3.27. The van der Waals surface area contributed by atoms with Crippen LogP contribution < -0.4 is 0 Å². The van der Waals surface area contributed by atoms with E-state index in [0.717, 1.165) is 6.42 Å². The maximum Gasteiger partial charge on any atom is 0.0136 e. The van der Waals surface area contributed by atoms with Crippen LogP contribution in [0.1, 0.15) is 11.1 Å². The van der Waals surface area contributed by atoms with Gasteiger partial charge in [0.15, 0.2) is 0 Å². The summed E-state index contributed by atoms with van der Waals surface area (Å²) in [6, 6.07) is 23.6. The lowest BCUT2D eigenvalue weighted by Crippen LogP contribution is -1.84. The van der Waals surface area contributed by atoms with Crippen LogP contribution in [-0.4, -0.2) is 0 Å². The fraction of sp³-hybridized carbons (Fsp3) is 0.0400. The lowest BCUT2D eigenvalue weighted by Gasteiger charge is -2.03. The zero-order valence-corrected chi connectivity index (χ0v) is 16.8. The first-order chi connectivity index (χ1) is 12.7. The minimum absolute atomic E-state index is 0.901. The molecule has 0 aliphatic rings. The number of hydrogen-bond donors (Lipinski definition) is 0. The highest BCUT2D eigenvalue weighted by atomic mass is 127. The minimum atomic E-state index is 0.901.